The molecule has 1 aliphatic rings. The highest BCUT2D eigenvalue weighted by atomic mass is 32.1. The summed E-state index contributed by atoms with van der Waals surface area (Å²) in [4.78, 5) is 4.19. The van der Waals surface area contributed by atoms with Crippen LogP contribution in [0.3, 0.4) is 0 Å². The lowest BCUT2D eigenvalue weighted by Gasteiger charge is -2.46. The van der Waals surface area contributed by atoms with Crippen LogP contribution < -0.4 is 0 Å². The Balaban J connectivity index is 2.23. The Kier molecular flexibility index (Phi) is 8.73. The minimum Gasteiger partial charge on any atom is -0.368 e. The summed E-state index contributed by atoms with van der Waals surface area (Å²) in [5, 5.41) is 2.41. The van der Waals surface area contributed by atoms with E-state index in [1.807, 2.05) is 44.2 Å². The van der Waals surface area contributed by atoms with Gasteiger partial charge < -0.3 is 23.7 Å². The van der Waals surface area contributed by atoms with E-state index in [0.29, 0.717) is 13.2 Å². The van der Waals surface area contributed by atoms with Crippen LogP contribution in [0, 0.1) is 0 Å². The number of methoxy groups -OCH3 is 1. The maximum Gasteiger partial charge on any atom is 0.164 e. The van der Waals surface area contributed by atoms with Gasteiger partial charge in [0.2, 0.25) is 0 Å². The fraction of sp³-hybridized carbons (Fsp3) is 0.550. The number of ether oxygens (including phenoxy) is 5. The van der Waals surface area contributed by atoms with Crippen molar-refractivity contribution in [2.24, 2.45) is 4.99 Å². The second kappa shape index (κ2) is 10.8. The predicted molar refractivity (Wildman–Crippen MR) is 106 cm³/mol. The fourth-order valence-electron chi connectivity index (χ4n) is 3.00. The third kappa shape index (κ3) is 6.59. The number of benzene rings is 1. The van der Waals surface area contributed by atoms with Crippen LogP contribution in [0.1, 0.15) is 19.4 Å². The monoisotopic (exact) mass is 393 g/mol. The van der Waals surface area contributed by atoms with Crippen LogP contribution >= 0.6 is 12.2 Å². The van der Waals surface area contributed by atoms with Crippen molar-refractivity contribution in [3.05, 3.63) is 48.6 Å². The zero-order valence-corrected chi connectivity index (χ0v) is 16.8. The van der Waals surface area contributed by atoms with Gasteiger partial charge in [-0.25, -0.2) is 4.99 Å². The molecule has 1 aromatic rings. The molecule has 4 atom stereocenters. The van der Waals surface area contributed by atoms with Crippen LogP contribution in [-0.4, -0.2) is 55.8 Å². The van der Waals surface area contributed by atoms with Gasteiger partial charge in [-0.3, -0.25) is 0 Å². The average Bonchev–Trinajstić information content (AvgIpc) is 2.65. The number of rotatable bonds is 10. The van der Waals surface area contributed by atoms with Crippen molar-refractivity contribution in [3.8, 4) is 0 Å². The van der Waals surface area contributed by atoms with E-state index >= 15 is 0 Å². The van der Waals surface area contributed by atoms with E-state index < -0.39 is 24.0 Å². The molecule has 1 saturated heterocycles. The van der Waals surface area contributed by atoms with E-state index in [-0.39, 0.29) is 12.9 Å². The molecule has 2 rings (SSSR count). The summed E-state index contributed by atoms with van der Waals surface area (Å²) in [5.74, 6) is -0.837. The van der Waals surface area contributed by atoms with E-state index in [1.54, 1.807) is 13.2 Å². The molecule has 0 N–H and O–H groups in total. The molecular formula is C20H27NO5S. The van der Waals surface area contributed by atoms with Crippen molar-refractivity contribution in [1.82, 2.24) is 0 Å². The summed E-state index contributed by atoms with van der Waals surface area (Å²) in [6.07, 6.45) is 0.421. The van der Waals surface area contributed by atoms with Crippen molar-refractivity contribution < 1.29 is 23.7 Å². The van der Waals surface area contributed by atoms with E-state index in [4.69, 9.17) is 35.9 Å². The first-order valence-electron chi connectivity index (χ1n) is 8.78. The maximum atomic E-state index is 6.21. The van der Waals surface area contributed by atoms with Crippen LogP contribution in [0.5, 0.6) is 0 Å². The number of thiocarbonyl (C=S) groups is 1. The maximum absolute atomic E-state index is 6.21. The average molecular weight is 394 g/mol. The lowest BCUT2D eigenvalue weighted by molar-refractivity contribution is -0.347. The minimum atomic E-state index is -0.837. The molecular weight excluding hydrogens is 366 g/mol. The van der Waals surface area contributed by atoms with Crippen LogP contribution in [0.2, 0.25) is 0 Å². The van der Waals surface area contributed by atoms with Gasteiger partial charge in [0.25, 0.3) is 0 Å². The molecule has 148 valence electrons. The highest BCUT2D eigenvalue weighted by molar-refractivity contribution is 7.78. The Bertz CT molecular complexity index is 633. The fourth-order valence-corrected chi connectivity index (χ4v) is 3.12. The molecule has 6 nitrogen and oxygen atoms in total. The molecule has 1 aliphatic heterocycles. The molecule has 7 heteroatoms. The van der Waals surface area contributed by atoms with Gasteiger partial charge in [0.15, 0.2) is 5.79 Å². The first kappa shape index (κ1) is 21.9. The molecule has 1 unspecified atom stereocenters. The van der Waals surface area contributed by atoms with Gasteiger partial charge in [-0.2, -0.15) is 0 Å². The Morgan fingerprint density at radius 3 is 2.70 bits per heavy atom. The second-order valence-corrected chi connectivity index (χ2v) is 6.81. The first-order chi connectivity index (χ1) is 13.0. The van der Waals surface area contributed by atoms with Gasteiger partial charge in [0.05, 0.1) is 18.4 Å². The molecule has 1 heterocycles. The van der Waals surface area contributed by atoms with Crippen molar-refractivity contribution in [3.63, 3.8) is 0 Å². The van der Waals surface area contributed by atoms with E-state index in [0.717, 1.165) is 5.56 Å². The quantitative estimate of drug-likeness (QED) is 0.200. The molecule has 0 bridgehead atoms. The topological polar surface area (TPSA) is 58.5 Å². The van der Waals surface area contributed by atoms with Gasteiger partial charge >= 0.3 is 0 Å². The third-order valence-corrected chi connectivity index (χ3v) is 4.20. The van der Waals surface area contributed by atoms with Crippen molar-refractivity contribution in [2.45, 2.75) is 50.6 Å². The van der Waals surface area contributed by atoms with Crippen LogP contribution in [-0.2, 0) is 30.3 Å². The van der Waals surface area contributed by atoms with Crippen molar-refractivity contribution in [1.29, 1.82) is 0 Å². The Hall–Kier alpha value is -1.44. The SMILES string of the molecule is C=CC(N=C=S)[C@H]1OC(C)(C)O[C@@H](COCOC)[C@H]1OCc1ccccc1. The molecule has 1 aromatic carbocycles. The highest BCUT2D eigenvalue weighted by Crippen LogP contribution is 2.32. The largest absolute Gasteiger partial charge is 0.368 e. The highest BCUT2D eigenvalue weighted by Gasteiger charge is 2.46. The predicted octanol–water partition coefficient (Wildman–Crippen LogP) is 3.37. The number of isothiocyanates is 1. The minimum absolute atomic E-state index is 0.167. The van der Waals surface area contributed by atoms with Crippen molar-refractivity contribution >= 4 is 17.4 Å². The molecule has 0 aliphatic carbocycles. The van der Waals surface area contributed by atoms with E-state index in [2.05, 4.69) is 16.7 Å². The Labute approximate surface area is 166 Å². The van der Waals surface area contributed by atoms with Crippen molar-refractivity contribution in [2.75, 3.05) is 20.5 Å². The summed E-state index contributed by atoms with van der Waals surface area (Å²) in [6, 6.07) is 9.49. The third-order valence-electron chi connectivity index (χ3n) is 4.09. The van der Waals surface area contributed by atoms with Crippen LogP contribution in [0.25, 0.3) is 0 Å². The van der Waals surface area contributed by atoms with Crippen LogP contribution in [0.15, 0.2) is 48.0 Å². The molecule has 1 fully saturated rings. The van der Waals surface area contributed by atoms with Gasteiger partial charge in [-0.15, -0.1) is 6.58 Å². The number of aliphatic imine (C=N–C) groups is 1. The van der Waals surface area contributed by atoms with E-state index in [1.165, 1.54) is 0 Å². The molecule has 0 spiro atoms. The summed E-state index contributed by atoms with van der Waals surface area (Å²) < 4.78 is 28.9. The zero-order chi connectivity index (χ0) is 19.7. The van der Waals surface area contributed by atoms with Gasteiger partial charge in [-0.1, -0.05) is 36.4 Å². The number of nitrogens with zero attached hydrogens (tertiary/aromatic N) is 1. The van der Waals surface area contributed by atoms with E-state index in [9.17, 15) is 0 Å². The standard InChI is InChI=1S/C20H27NO5S/c1-5-16(21-13-27)18-19(24-11-15-9-7-6-8-10-15)17(12-23-14-22-4)25-20(2,3)26-18/h5-10,16-19H,1,11-12,14H2,2-4H3/t16?,17-,18+,19+/m0/s1. The Morgan fingerprint density at radius 2 is 2.07 bits per heavy atom. The normalized spacial score (nSPS) is 25.4. The summed E-state index contributed by atoms with van der Waals surface area (Å²) in [7, 11) is 1.57. The number of hydrogen-bond donors (Lipinski definition) is 0. The first-order valence-corrected chi connectivity index (χ1v) is 9.19. The van der Waals surface area contributed by atoms with Gasteiger partial charge in [0, 0.05) is 7.11 Å². The van der Waals surface area contributed by atoms with Gasteiger partial charge in [0.1, 0.15) is 31.1 Å². The Morgan fingerprint density at radius 1 is 1.33 bits per heavy atom. The molecule has 0 amide bonds. The summed E-state index contributed by atoms with van der Waals surface area (Å²) in [6.45, 7) is 8.40. The lowest BCUT2D eigenvalue weighted by Crippen LogP contribution is -2.59. The smallest absolute Gasteiger partial charge is 0.164 e. The number of hydrogen-bond acceptors (Lipinski definition) is 7. The van der Waals surface area contributed by atoms with Crippen LogP contribution in [0.4, 0.5) is 0 Å². The summed E-state index contributed by atoms with van der Waals surface area (Å²) in [5.41, 5.74) is 1.05. The van der Waals surface area contributed by atoms with Gasteiger partial charge in [-0.05, 0) is 31.6 Å². The molecule has 27 heavy (non-hydrogen) atoms. The molecule has 0 radical (unpaired) electrons. The molecule has 0 aromatic heterocycles. The zero-order valence-electron chi connectivity index (χ0n) is 16.0. The lowest BCUT2D eigenvalue weighted by atomic mass is 9.98. The summed E-state index contributed by atoms with van der Waals surface area (Å²) >= 11 is 4.78. The second-order valence-electron chi connectivity index (χ2n) is 6.62. The molecule has 0 saturated carbocycles.